The van der Waals surface area contributed by atoms with Crippen molar-refractivity contribution in [2.24, 2.45) is 11.3 Å². The molecule has 0 unspecified atom stereocenters. The zero-order chi connectivity index (χ0) is 11.5. The van der Waals surface area contributed by atoms with Gasteiger partial charge in [-0.1, -0.05) is 20.8 Å². The molecule has 0 saturated heterocycles. The molecule has 1 rings (SSSR count). The van der Waals surface area contributed by atoms with Crippen LogP contribution in [0.5, 0.6) is 0 Å². The van der Waals surface area contributed by atoms with E-state index in [1.165, 1.54) is 12.8 Å². The molecular weight excluding hydrogens is 190 g/mol. The summed E-state index contributed by atoms with van der Waals surface area (Å²) < 4.78 is 0. The van der Waals surface area contributed by atoms with Gasteiger partial charge in [0.15, 0.2) is 0 Å². The van der Waals surface area contributed by atoms with E-state index in [2.05, 4.69) is 26.1 Å². The largest absolute Gasteiger partial charge is 0.394 e. The molecule has 0 aromatic heterocycles. The monoisotopic (exact) mass is 215 g/mol. The van der Waals surface area contributed by atoms with Crippen molar-refractivity contribution in [2.45, 2.75) is 52.2 Å². The Hall–Kier alpha value is -0.120. The fourth-order valence-electron chi connectivity index (χ4n) is 2.87. The SMILES string of the molecule is C[C@@H]1C[C@@H](NC[C@H](O)CO)CC(C)(C)C1. The van der Waals surface area contributed by atoms with Gasteiger partial charge in [-0.15, -0.1) is 0 Å². The molecule has 1 aliphatic carbocycles. The summed E-state index contributed by atoms with van der Waals surface area (Å²) in [6.07, 6.45) is 3.01. The fraction of sp³-hybridized carbons (Fsp3) is 1.00. The van der Waals surface area contributed by atoms with Crippen LogP contribution in [0.2, 0.25) is 0 Å². The van der Waals surface area contributed by atoms with E-state index in [1.54, 1.807) is 0 Å². The average molecular weight is 215 g/mol. The molecule has 0 amide bonds. The average Bonchev–Trinajstić information content (AvgIpc) is 2.11. The highest BCUT2D eigenvalue weighted by molar-refractivity contribution is 4.86. The lowest BCUT2D eigenvalue weighted by Gasteiger charge is -2.39. The van der Waals surface area contributed by atoms with Crippen molar-refractivity contribution in [3.05, 3.63) is 0 Å². The van der Waals surface area contributed by atoms with Crippen molar-refractivity contribution in [1.29, 1.82) is 0 Å². The zero-order valence-corrected chi connectivity index (χ0v) is 10.2. The Morgan fingerprint density at radius 1 is 1.40 bits per heavy atom. The lowest BCUT2D eigenvalue weighted by Crippen LogP contribution is -2.43. The molecule has 3 nitrogen and oxygen atoms in total. The van der Waals surface area contributed by atoms with Crippen LogP contribution in [-0.2, 0) is 0 Å². The second kappa shape index (κ2) is 5.28. The summed E-state index contributed by atoms with van der Waals surface area (Å²) in [5, 5.41) is 21.3. The first kappa shape index (κ1) is 12.9. The van der Waals surface area contributed by atoms with E-state index in [-0.39, 0.29) is 6.61 Å². The van der Waals surface area contributed by atoms with E-state index in [1.807, 2.05) is 0 Å². The highest BCUT2D eigenvalue weighted by atomic mass is 16.3. The molecule has 3 heteroatoms. The van der Waals surface area contributed by atoms with Gasteiger partial charge in [0.05, 0.1) is 12.7 Å². The highest BCUT2D eigenvalue weighted by Crippen LogP contribution is 2.38. The Labute approximate surface area is 92.9 Å². The molecule has 1 fully saturated rings. The van der Waals surface area contributed by atoms with Crippen molar-refractivity contribution in [3.63, 3.8) is 0 Å². The van der Waals surface area contributed by atoms with Gasteiger partial charge in [-0.05, 0) is 30.6 Å². The van der Waals surface area contributed by atoms with Gasteiger partial charge in [0.2, 0.25) is 0 Å². The molecule has 1 saturated carbocycles. The molecule has 0 aliphatic heterocycles. The Kier molecular flexibility index (Phi) is 4.56. The van der Waals surface area contributed by atoms with Crippen molar-refractivity contribution < 1.29 is 10.2 Å². The van der Waals surface area contributed by atoms with Crippen LogP contribution in [0.3, 0.4) is 0 Å². The van der Waals surface area contributed by atoms with Gasteiger partial charge < -0.3 is 15.5 Å². The van der Waals surface area contributed by atoms with Gasteiger partial charge in [0.25, 0.3) is 0 Å². The Morgan fingerprint density at radius 3 is 2.60 bits per heavy atom. The number of nitrogens with one attached hydrogen (secondary N) is 1. The minimum absolute atomic E-state index is 0.154. The van der Waals surface area contributed by atoms with E-state index in [0.29, 0.717) is 18.0 Å². The zero-order valence-electron chi connectivity index (χ0n) is 10.2. The van der Waals surface area contributed by atoms with Crippen LogP contribution in [0.15, 0.2) is 0 Å². The maximum atomic E-state index is 9.27. The lowest BCUT2D eigenvalue weighted by atomic mass is 9.70. The first-order valence-corrected chi connectivity index (χ1v) is 5.95. The Bertz CT molecular complexity index is 194. The molecule has 3 N–H and O–H groups in total. The Morgan fingerprint density at radius 2 is 2.07 bits per heavy atom. The van der Waals surface area contributed by atoms with E-state index < -0.39 is 6.10 Å². The molecule has 0 bridgehead atoms. The summed E-state index contributed by atoms with van der Waals surface area (Å²) in [6, 6.07) is 0.491. The third-order valence-corrected chi connectivity index (χ3v) is 3.24. The fourth-order valence-corrected chi connectivity index (χ4v) is 2.87. The van der Waals surface area contributed by atoms with Gasteiger partial charge in [-0.2, -0.15) is 0 Å². The lowest BCUT2D eigenvalue weighted by molar-refractivity contribution is 0.0816. The standard InChI is InChI=1S/C12H25NO2/c1-9-4-10(6-12(2,3)5-9)13-7-11(15)8-14/h9-11,13-15H,4-8H2,1-3H3/t9-,10-,11+/m1/s1. The minimum atomic E-state index is -0.620. The van der Waals surface area contributed by atoms with Crippen LogP contribution in [-0.4, -0.2) is 35.5 Å². The van der Waals surface area contributed by atoms with Crippen molar-refractivity contribution in [2.75, 3.05) is 13.2 Å². The molecule has 0 aromatic carbocycles. The van der Waals surface area contributed by atoms with Crippen LogP contribution < -0.4 is 5.32 Å². The number of aliphatic hydroxyl groups is 2. The van der Waals surface area contributed by atoms with Gasteiger partial charge in [-0.3, -0.25) is 0 Å². The summed E-state index contributed by atoms with van der Waals surface area (Å²) in [6.45, 7) is 7.25. The smallest absolute Gasteiger partial charge is 0.0895 e. The summed E-state index contributed by atoms with van der Waals surface area (Å²) in [5.74, 6) is 0.748. The number of hydrogen-bond acceptors (Lipinski definition) is 3. The second-order valence-electron chi connectivity index (χ2n) is 5.85. The van der Waals surface area contributed by atoms with Crippen LogP contribution in [0, 0.1) is 11.3 Å². The quantitative estimate of drug-likeness (QED) is 0.659. The van der Waals surface area contributed by atoms with Gasteiger partial charge in [0, 0.05) is 12.6 Å². The second-order valence-corrected chi connectivity index (χ2v) is 5.85. The molecule has 3 atom stereocenters. The molecular formula is C12H25NO2. The third-order valence-electron chi connectivity index (χ3n) is 3.24. The van der Waals surface area contributed by atoms with Crippen molar-refractivity contribution in [3.8, 4) is 0 Å². The summed E-state index contributed by atoms with van der Waals surface area (Å²) >= 11 is 0. The van der Waals surface area contributed by atoms with Crippen LogP contribution >= 0.6 is 0 Å². The van der Waals surface area contributed by atoms with Crippen LogP contribution in [0.25, 0.3) is 0 Å². The van der Waals surface area contributed by atoms with E-state index in [9.17, 15) is 5.11 Å². The van der Waals surface area contributed by atoms with Gasteiger partial charge in [-0.25, -0.2) is 0 Å². The number of aliphatic hydroxyl groups excluding tert-OH is 2. The number of hydrogen-bond donors (Lipinski definition) is 3. The molecule has 0 aromatic rings. The minimum Gasteiger partial charge on any atom is -0.394 e. The molecule has 15 heavy (non-hydrogen) atoms. The van der Waals surface area contributed by atoms with E-state index in [0.717, 1.165) is 12.3 Å². The van der Waals surface area contributed by atoms with Crippen molar-refractivity contribution in [1.82, 2.24) is 5.32 Å². The highest BCUT2D eigenvalue weighted by Gasteiger charge is 2.31. The molecule has 90 valence electrons. The first-order valence-electron chi connectivity index (χ1n) is 5.95. The van der Waals surface area contributed by atoms with Crippen LogP contribution in [0.4, 0.5) is 0 Å². The van der Waals surface area contributed by atoms with Crippen LogP contribution in [0.1, 0.15) is 40.0 Å². The van der Waals surface area contributed by atoms with Gasteiger partial charge in [0.1, 0.15) is 0 Å². The summed E-state index contributed by atoms with van der Waals surface area (Å²) in [5.41, 5.74) is 0.402. The Balaban J connectivity index is 2.35. The predicted molar refractivity (Wildman–Crippen MR) is 61.7 cm³/mol. The first-order chi connectivity index (χ1) is 6.93. The van der Waals surface area contributed by atoms with Gasteiger partial charge >= 0.3 is 0 Å². The van der Waals surface area contributed by atoms with E-state index >= 15 is 0 Å². The normalized spacial score (nSPS) is 32.6. The van der Waals surface area contributed by atoms with E-state index in [4.69, 9.17) is 5.11 Å². The predicted octanol–water partition coefficient (Wildman–Crippen LogP) is 1.14. The summed E-state index contributed by atoms with van der Waals surface area (Å²) in [4.78, 5) is 0. The molecule has 0 heterocycles. The molecule has 0 radical (unpaired) electrons. The van der Waals surface area contributed by atoms with Crippen molar-refractivity contribution >= 4 is 0 Å². The number of rotatable bonds is 4. The topological polar surface area (TPSA) is 52.5 Å². The molecule has 1 aliphatic rings. The summed E-state index contributed by atoms with van der Waals surface area (Å²) in [7, 11) is 0. The maximum Gasteiger partial charge on any atom is 0.0895 e. The maximum absolute atomic E-state index is 9.27. The molecule has 0 spiro atoms. The third kappa shape index (κ3) is 4.49.